The number of alkyl halides is 1. The second-order valence-corrected chi connectivity index (χ2v) is 4.52. The van der Waals surface area contributed by atoms with Crippen LogP contribution in [0, 0.1) is 0 Å². The Bertz CT molecular complexity index is 97.7. The average molecular weight is 199 g/mol. The van der Waals surface area contributed by atoms with Crippen molar-refractivity contribution in [1.82, 2.24) is 0 Å². The minimum Gasteiger partial charge on any atom is -0.288 e. The second kappa shape index (κ2) is 7.76. The molecule has 0 bridgehead atoms. The van der Waals surface area contributed by atoms with E-state index in [1.165, 1.54) is 11.8 Å². The summed E-state index contributed by atoms with van der Waals surface area (Å²) in [4.78, 5) is 10.4. The third-order valence-electron chi connectivity index (χ3n) is 0.754. The zero-order valence-corrected chi connectivity index (χ0v) is 8.32. The van der Waals surface area contributed by atoms with E-state index in [-0.39, 0.29) is 5.12 Å². The van der Waals surface area contributed by atoms with Crippen molar-refractivity contribution in [2.75, 3.05) is 23.1 Å². The normalized spacial score (nSPS) is 9.80. The van der Waals surface area contributed by atoms with Gasteiger partial charge in [-0.3, -0.25) is 4.79 Å². The number of carbonyl (C=O) groups excluding carboxylic acids is 1. The fourth-order valence-corrected chi connectivity index (χ4v) is 2.13. The van der Waals surface area contributed by atoms with E-state index in [0.29, 0.717) is 5.88 Å². The molecule has 60 valence electrons. The van der Waals surface area contributed by atoms with Crippen molar-refractivity contribution in [3.05, 3.63) is 0 Å². The number of hydrogen-bond acceptors (Lipinski definition) is 3. The van der Waals surface area contributed by atoms with E-state index in [4.69, 9.17) is 11.6 Å². The van der Waals surface area contributed by atoms with Crippen LogP contribution in [0.3, 0.4) is 0 Å². The van der Waals surface area contributed by atoms with Gasteiger partial charge in [0.05, 0.1) is 0 Å². The highest BCUT2D eigenvalue weighted by atomic mass is 35.5. The third kappa shape index (κ3) is 8.66. The van der Waals surface area contributed by atoms with Crippen LogP contribution in [0.15, 0.2) is 0 Å². The van der Waals surface area contributed by atoms with Crippen LogP contribution in [0.5, 0.6) is 0 Å². The van der Waals surface area contributed by atoms with Gasteiger partial charge in [-0.25, -0.2) is 0 Å². The van der Waals surface area contributed by atoms with Crippen LogP contribution in [0.2, 0.25) is 0 Å². The number of thioether (sulfide) groups is 2. The van der Waals surface area contributed by atoms with E-state index in [0.717, 1.165) is 17.3 Å². The molecule has 0 fully saturated rings. The molecule has 1 nitrogen and oxygen atoms in total. The van der Waals surface area contributed by atoms with Crippen molar-refractivity contribution >= 4 is 40.2 Å². The van der Waals surface area contributed by atoms with Crippen LogP contribution in [-0.2, 0) is 4.79 Å². The molecular formula is C6H11ClOS2. The number of carbonyl (C=O) groups is 1. The van der Waals surface area contributed by atoms with Gasteiger partial charge < -0.3 is 0 Å². The Labute approximate surface area is 75.3 Å². The predicted octanol–water partition coefficient (Wildman–Crippen LogP) is 2.24. The van der Waals surface area contributed by atoms with Crippen LogP contribution in [0.4, 0.5) is 0 Å². The molecule has 0 aromatic rings. The molecule has 4 heteroatoms. The van der Waals surface area contributed by atoms with Gasteiger partial charge in [0.1, 0.15) is 0 Å². The molecule has 0 saturated carbocycles. The number of halogens is 1. The molecule has 0 aliphatic heterocycles. The first-order valence-electron chi connectivity index (χ1n) is 3.04. The van der Waals surface area contributed by atoms with Crippen LogP contribution >= 0.6 is 35.1 Å². The van der Waals surface area contributed by atoms with E-state index in [1.54, 1.807) is 18.7 Å². The molecule has 0 unspecified atom stereocenters. The van der Waals surface area contributed by atoms with E-state index >= 15 is 0 Å². The van der Waals surface area contributed by atoms with Crippen LogP contribution in [0.1, 0.15) is 6.92 Å². The molecule has 0 amide bonds. The van der Waals surface area contributed by atoms with Crippen LogP contribution in [0.25, 0.3) is 0 Å². The lowest BCUT2D eigenvalue weighted by Crippen LogP contribution is -1.90. The molecule has 0 spiro atoms. The molecular weight excluding hydrogens is 188 g/mol. The van der Waals surface area contributed by atoms with Gasteiger partial charge in [-0.1, -0.05) is 11.8 Å². The van der Waals surface area contributed by atoms with Crippen molar-refractivity contribution < 1.29 is 4.79 Å². The highest BCUT2D eigenvalue weighted by molar-refractivity contribution is 8.14. The second-order valence-electron chi connectivity index (χ2n) is 1.64. The van der Waals surface area contributed by atoms with Gasteiger partial charge in [-0.15, -0.1) is 11.6 Å². The fraction of sp³-hybridized carbons (Fsp3) is 0.833. The van der Waals surface area contributed by atoms with Crippen molar-refractivity contribution in [2.45, 2.75) is 6.92 Å². The van der Waals surface area contributed by atoms with Gasteiger partial charge in [-0.05, 0) is 0 Å². The summed E-state index contributed by atoms with van der Waals surface area (Å²) in [6, 6.07) is 0. The van der Waals surface area contributed by atoms with Crippen LogP contribution in [-0.4, -0.2) is 28.3 Å². The first-order valence-corrected chi connectivity index (χ1v) is 5.72. The van der Waals surface area contributed by atoms with E-state index in [2.05, 4.69) is 0 Å². The zero-order valence-electron chi connectivity index (χ0n) is 5.93. The van der Waals surface area contributed by atoms with Gasteiger partial charge in [-0.2, -0.15) is 11.8 Å². The lowest BCUT2D eigenvalue weighted by molar-refractivity contribution is -0.109. The summed E-state index contributed by atoms with van der Waals surface area (Å²) in [7, 11) is 0. The Morgan fingerprint density at radius 1 is 1.40 bits per heavy atom. The molecule has 0 aliphatic carbocycles. The zero-order chi connectivity index (χ0) is 7.82. The Morgan fingerprint density at radius 2 is 2.10 bits per heavy atom. The van der Waals surface area contributed by atoms with Crippen molar-refractivity contribution in [1.29, 1.82) is 0 Å². The lowest BCUT2D eigenvalue weighted by atomic mass is 10.9. The molecule has 0 saturated heterocycles. The summed E-state index contributed by atoms with van der Waals surface area (Å²) in [6.45, 7) is 1.59. The maximum Gasteiger partial charge on any atom is 0.185 e. The predicted molar refractivity (Wildman–Crippen MR) is 51.2 cm³/mol. The summed E-state index contributed by atoms with van der Waals surface area (Å²) in [6.07, 6.45) is 0. The van der Waals surface area contributed by atoms with Crippen LogP contribution < -0.4 is 0 Å². The minimum atomic E-state index is 0.200. The molecule has 0 aromatic heterocycles. The summed E-state index contributed by atoms with van der Waals surface area (Å²) in [5.41, 5.74) is 0. The highest BCUT2D eigenvalue weighted by Gasteiger charge is 1.92. The Morgan fingerprint density at radius 3 is 2.60 bits per heavy atom. The summed E-state index contributed by atoms with van der Waals surface area (Å²) in [5, 5.41) is 0.200. The van der Waals surface area contributed by atoms with Crippen molar-refractivity contribution in [3.63, 3.8) is 0 Å². The largest absolute Gasteiger partial charge is 0.288 e. The molecule has 0 aromatic carbocycles. The average Bonchev–Trinajstić information content (AvgIpc) is 1.87. The first kappa shape index (κ1) is 10.7. The summed E-state index contributed by atoms with van der Waals surface area (Å²) < 4.78 is 0. The molecule has 0 atom stereocenters. The number of hydrogen-bond donors (Lipinski definition) is 0. The number of rotatable bonds is 5. The third-order valence-corrected chi connectivity index (χ3v) is 3.23. The standard InChI is InChI=1S/C6H11ClOS2/c1-6(8)10-5-4-9-3-2-7/h2-5H2,1H3. The Hall–Kier alpha value is 0.660. The highest BCUT2D eigenvalue weighted by Crippen LogP contribution is 2.07. The molecule has 0 N–H and O–H groups in total. The molecule has 0 radical (unpaired) electrons. The molecule has 10 heavy (non-hydrogen) atoms. The lowest BCUT2D eigenvalue weighted by Gasteiger charge is -1.95. The van der Waals surface area contributed by atoms with Gasteiger partial charge in [0.15, 0.2) is 5.12 Å². The van der Waals surface area contributed by atoms with E-state index in [9.17, 15) is 4.79 Å². The summed E-state index contributed by atoms with van der Waals surface area (Å²) >= 11 is 8.62. The van der Waals surface area contributed by atoms with Gasteiger partial charge in [0.2, 0.25) is 0 Å². The van der Waals surface area contributed by atoms with E-state index in [1.807, 2.05) is 0 Å². The maximum absolute atomic E-state index is 10.4. The van der Waals surface area contributed by atoms with E-state index < -0.39 is 0 Å². The molecule has 0 rings (SSSR count). The quantitative estimate of drug-likeness (QED) is 0.498. The molecule has 0 heterocycles. The van der Waals surface area contributed by atoms with Gasteiger partial charge >= 0.3 is 0 Å². The van der Waals surface area contributed by atoms with Gasteiger partial charge in [0.25, 0.3) is 0 Å². The smallest absolute Gasteiger partial charge is 0.185 e. The minimum absolute atomic E-state index is 0.200. The van der Waals surface area contributed by atoms with Gasteiger partial charge in [0, 0.05) is 30.1 Å². The topological polar surface area (TPSA) is 17.1 Å². The monoisotopic (exact) mass is 198 g/mol. The fourth-order valence-electron chi connectivity index (χ4n) is 0.401. The Kier molecular flexibility index (Phi) is 8.28. The van der Waals surface area contributed by atoms with Crippen molar-refractivity contribution in [2.24, 2.45) is 0 Å². The van der Waals surface area contributed by atoms with Crippen molar-refractivity contribution in [3.8, 4) is 0 Å². The molecule has 0 aliphatic rings. The Balaban J connectivity index is 2.84. The maximum atomic E-state index is 10.4. The summed E-state index contributed by atoms with van der Waals surface area (Å²) in [5.74, 6) is 3.63. The SMILES string of the molecule is CC(=O)SCCSCCCl. The first-order chi connectivity index (χ1) is 4.77.